The summed E-state index contributed by atoms with van der Waals surface area (Å²) in [4.78, 5) is 14.4. The van der Waals surface area contributed by atoms with Crippen LogP contribution in [-0.4, -0.2) is 11.9 Å². The van der Waals surface area contributed by atoms with Crippen LogP contribution in [0.25, 0.3) is 6.08 Å². The number of nitrogens with two attached hydrogens (primary N) is 2. The van der Waals surface area contributed by atoms with Crippen molar-refractivity contribution < 1.29 is 4.79 Å². The molecule has 0 heterocycles. The van der Waals surface area contributed by atoms with Crippen LogP contribution in [0.2, 0.25) is 0 Å². The number of benzene rings is 1. The standard InChI is InChI=1S/C12H12BrN3O/c13-10-6-3-5-9(8-10)4-1-2-7-11(17)16-12(14)15/h1-8H,(H4,14,15,16,17)/b4-1+,7-2+. The maximum absolute atomic E-state index is 11.0. The van der Waals surface area contributed by atoms with E-state index in [0.717, 1.165) is 10.0 Å². The molecule has 0 radical (unpaired) electrons. The SMILES string of the molecule is NC(N)=NC(=O)/C=C/C=C/c1cccc(Br)c1. The van der Waals surface area contributed by atoms with Crippen molar-refractivity contribution in [3.8, 4) is 0 Å². The Bertz CT molecular complexity index is 488. The number of hydrogen-bond donors (Lipinski definition) is 2. The van der Waals surface area contributed by atoms with Gasteiger partial charge in [-0.05, 0) is 17.7 Å². The Balaban J connectivity index is 2.59. The van der Waals surface area contributed by atoms with Crippen LogP contribution < -0.4 is 11.5 Å². The van der Waals surface area contributed by atoms with Crippen LogP contribution in [0.5, 0.6) is 0 Å². The van der Waals surface area contributed by atoms with Crippen molar-refractivity contribution in [2.45, 2.75) is 0 Å². The molecule has 88 valence electrons. The van der Waals surface area contributed by atoms with E-state index in [-0.39, 0.29) is 5.96 Å². The fraction of sp³-hybridized carbons (Fsp3) is 0. The summed E-state index contributed by atoms with van der Waals surface area (Å²) in [6.45, 7) is 0. The summed E-state index contributed by atoms with van der Waals surface area (Å²) in [6, 6.07) is 7.78. The third-order valence-electron chi connectivity index (χ3n) is 1.73. The van der Waals surface area contributed by atoms with Gasteiger partial charge in [0.25, 0.3) is 5.91 Å². The highest BCUT2D eigenvalue weighted by atomic mass is 79.9. The molecule has 4 N–H and O–H groups in total. The van der Waals surface area contributed by atoms with Gasteiger partial charge in [-0.25, -0.2) is 0 Å². The molecule has 0 aliphatic heterocycles. The van der Waals surface area contributed by atoms with E-state index in [2.05, 4.69) is 20.9 Å². The van der Waals surface area contributed by atoms with Gasteiger partial charge in [-0.1, -0.05) is 46.3 Å². The number of carbonyl (C=O) groups is 1. The van der Waals surface area contributed by atoms with Gasteiger partial charge in [-0.2, -0.15) is 4.99 Å². The molecule has 0 aliphatic carbocycles. The van der Waals surface area contributed by atoms with E-state index in [1.165, 1.54) is 6.08 Å². The van der Waals surface area contributed by atoms with E-state index < -0.39 is 5.91 Å². The molecule has 0 saturated carbocycles. The summed E-state index contributed by atoms with van der Waals surface area (Å²) < 4.78 is 1.00. The average Bonchev–Trinajstić information content (AvgIpc) is 2.23. The lowest BCUT2D eigenvalue weighted by Gasteiger charge is -1.92. The van der Waals surface area contributed by atoms with Crippen LogP contribution in [0.3, 0.4) is 0 Å². The number of aliphatic imine (C=N–C) groups is 1. The molecule has 0 unspecified atom stereocenters. The number of halogens is 1. The van der Waals surface area contributed by atoms with Gasteiger partial charge >= 0.3 is 0 Å². The van der Waals surface area contributed by atoms with Gasteiger partial charge in [-0.3, -0.25) is 4.79 Å². The zero-order valence-electron chi connectivity index (χ0n) is 9.01. The number of hydrogen-bond acceptors (Lipinski definition) is 1. The largest absolute Gasteiger partial charge is 0.370 e. The van der Waals surface area contributed by atoms with Gasteiger partial charge in [0.1, 0.15) is 0 Å². The lowest BCUT2D eigenvalue weighted by molar-refractivity contribution is -0.113. The number of guanidine groups is 1. The number of rotatable bonds is 3. The molecule has 1 aromatic carbocycles. The zero-order chi connectivity index (χ0) is 12.7. The van der Waals surface area contributed by atoms with Gasteiger partial charge in [0.05, 0.1) is 0 Å². The molecule has 0 aromatic heterocycles. The van der Waals surface area contributed by atoms with E-state index in [4.69, 9.17) is 11.5 Å². The molecule has 1 aromatic rings. The van der Waals surface area contributed by atoms with Crippen molar-refractivity contribution in [3.05, 3.63) is 52.5 Å². The molecule has 0 saturated heterocycles. The van der Waals surface area contributed by atoms with Crippen LogP contribution in [0.15, 0.2) is 52.0 Å². The van der Waals surface area contributed by atoms with E-state index in [1.54, 1.807) is 12.2 Å². The molecule has 0 fully saturated rings. The number of allylic oxidation sites excluding steroid dienone is 2. The molecule has 0 spiro atoms. The van der Waals surface area contributed by atoms with Crippen LogP contribution >= 0.6 is 15.9 Å². The third kappa shape index (κ3) is 5.67. The maximum Gasteiger partial charge on any atom is 0.272 e. The fourth-order valence-electron chi connectivity index (χ4n) is 1.08. The first kappa shape index (κ1) is 13.2. The Kier molecular flexibility index (Phi) is 5.16. The molecule has 0 aliphatic rings. The molecule has 0 atom stereocenters. The van der Waals surface area contributed by atoms with Crippen molar-refractivity contribution in [2.24, 2.45) is 16.5 Å². The van der Waals surface area contributed by atoms with E-state index in [0.29, 0.717) is 0 Å². The monoisotopic (exact) mass is 293 g/mol. The Labute approximate surface area is 108 Å². The lowest BCUT2D eigenvalue weighted by atomic mass is 10.2. The number of nitrogens with zero attached hydrogens (tertiary/aromatic N) is 1. The third-order valence-corrected chi connectivity index (χ3v) is 2.22. The van der Waals surface area contributed by atoms with E-state index in [9.17, 15) is 4.79 Å². The molecule has 1 rings (SSSR count). The lowest BCUT2D eigenvalue weighted by Crippen LogP contribution is -2.23. The van der Waals surface area contributed by atoms with Gasteiger partial charge in [0, 0.05) is 10.5 Å². The first-order valence-electron chi connectivity index (χ1n) is 4.82. The predicted octanol–water partition coefficient (Wildman–Crippen LogP) is 1.82. The Morgan fingerprint density at radius 1 is 1.29 bits per heavy atom. The minimum Gasteiger partial charge on any atom is -0.370 e. The predicted molar refractivity (Wildman–Crippen MR) is 73.1 cm³/mol. The van der Waals surface area contributed by atoms with Gasteiger partial charge < -0.3 is 11.5 Å². The van der Waals surface area contributed by atoms with Crippen molar-refractivity contribution >= 4 is 33.9 Å². The van der Waals surface area contributed by atoms with Gasteiger partial charge in [0.2, 0.25) is 0 Å². The topological polar surface area (TPSA) is 81.5 Å². The summed E-state index contributed by atoms with van der Waals surface area (Å²) in [5.74, 6) is -0.723. The molecule has 1 amide bonds. The Morgan fingerprint density at radius 2 is 2.06 bits per heavy atom. The average molecular weight is 294 g/mol. The summed E-state index contributed by atoms with van der Waals surface area (Å²) in [5.41, 5.74) is 11.1. The Morgan fingerprint density at radius 3 is 2.71 bits per heavy atom. The van der Waals surface area contributed by atoms with Gasteiger partial charge in [-0.15, -0.1) is 0 Å². The summed E-state index contributed by atoms with van der Waals surface area (Å²) in [7, 11) is 0. The van der Waals surface area contributed by atoms with Crippen LogP contribution in [0.4, 0.5) is 0 Å². The molecule has 5 heteroatoms. The number of amides is 1. The second-order valence-electron chi connectivity index (χ2n) is 3.15. The van der Waals surface area contributed by atoms with Gasteiger partial charge in [0.15, 0.2) is 5.96 Å². The smallest absolute Gasteiger partial charge is 0.272 e. The summed E-state index contributed by atoms with van der Waals surface area (Å²) in [6.07, 6.45) is 6.47. The molecule has 17 heavy (non-hydrogen) atoms. The van der Waals surface area contributed by atoms with Crippen LogP contribution in [0, 0.1) is 0 Å². The summed E-state index contributed by atoms with van der Waals surface area (Å²) in [5, 5.41) is 0. The second-order valence-corrected chi connectivity index (χ2v) is 4.06. The van der Waals surface area contributed by atoms with Crippen LogP contribution in [-0.2, 0) is 4.79 Å². The van der Waals surface area contributed by atoms with E-state index in [1.807, 2.05) is 30.3 Å². The molecule has 0 bridgehead atoms. The minimum absolute atomic E-state index is 0.240. The van der Waals surface area contributed by atoms with Crippen molar-refractivity contribution in [3.63, 3.8) is 0 Å². The highest BCUT2D eigenvalue weighted by Crippen LogP contribution is 2.12. The normalized spacial score (nSPS) is 10.9. The molecular weight excluding hydrogens is 282 g/mol. The highest BCUT2D eigenvalue weighted by molar-refractivity contribution is 9.10. The quantitative estimate of drug-likeness (QED) is 0.386. The fourth-order valence-corrected chi connectivity index (χ4v) is 1.50. The van der Waals surface area contributed by atoms with Crippen LogP contribution in [0.1, 0.15) is 5.56 Å². The first-order valence-corrected chi connectivity index (χ1v) is 5.61. The second kappa shape index (κ2) is 6.65. The minimum atomic E-state index is -0.483. The first-order chi connectivity index (χ1) is 8.08. The van der Waals surface area contributed by atoms with E-state index >= 15 is 0 Å². The summed E-state index contributed by atoms with van der Waals surface area (Å²) >= 11 is 3.37. The molecular formula is C12H12BrN3O. The van der Waals surface area contributed by atoms with Crippen molar-refractivity contribution in [1.29, 1.82) is 0 Å². The van der Waals surface area contributed by atoms with Crippen molar-refractivity contribution in [1.82, 2.24) is 0 Å². The van der Waals surface area contributed by atoms with Crippen molar-refractivity contribution in [2.75, 3.05) is 0 Å². The Hall–Kier alpha value is -1.88. The highest BCUT2D eigenvalue weighted by Gasteiger charge is 1.90. The number of carbonyl (C=O) groups excluding carboxylic acids is 1. The molecule has 4 nitrogen and oxygen atoms in total. The maximum atomic E-state index is 11.0. The zero-order valence-corrected chi connectivity index (χ0v) is 10.6.